The zero-order valence-corrected chi connectivity index (χ0v) is 21.6. The number of carbonyl (C=O) groups is 2. The van der Waals surface area contributed by atoms with Gasteiger partial charge in [-0.3, -0.25) is 14.5 Å². The third kappa shape index (κ3) is 4.26. The minimum atomic E-state index is -0.218. The molecule has 2 aliphatic rings. The molecule has 0 saturated carbocycles. The van der Waals surface area contributed by atoms with E-state index in [-0.39, 0.29) is 11.8 Å². The molecular formula is C30H29N3O2S. The van der Waals surface area contributed by atoms with E-state index in [4.69, 9.17) is 4.99 Å². The van der Waals surface area contributed by atoms with Gasteiger partial charge in [0.15, 0.2) is 5.17 Å². The van der Waals surface area contributed by atoms with Crippen molar-refractivity contribution < 1.29 is 9.59 Å². The zero-order valence-electron chi connectivity index (χ0n) is 20.8. The summed E-state index contributed by atoms with van der Waals surface area (Å²) in [5.74, 6) is -0.339. The maximum absolute atomic E-state index is 14.0. The molecule has 5 nitrogen and oxygen atoms in total. The number of hydrogen-bond donors (Lipinski definition) is 0. The van der Waals surface area contributed by atoms with Gasteiger partial charge in [-0.05, 0) is 72.5 Å². The minimum Gasteiger partial charge on any atom is -0.308 e. The fraction of sp³-hybridized carbons (Fsp3) is 0.233. The van der Waals surface area contributed by atoms with Gasteiger partial charge in [0.05, 0.1) is 27.5 Å². The van der Waals surface area contributed by atoms with Crippen LogP contribution in [0.2, 0.25) is 0 Å². The van der Waals surface area contributed by atoms with E-state index in [0.29, 0.717) is 22.2 Å². The van der Waals surface area contributed by atoms with E-state index in [1.165, 1.54) is 22.9 Å². The molecule has 0 spiro atoms. The Bertz CT molecular complexity index is 1370. The van der Waals surface area contributed by atoms with Gasteiger partial charge in [-0.1, -0.05) is 63.2 Å². The molecule has 0 radical (unpaired) electrons. The van der Waals surface area contributed by atoms with Gasteiger partial charge in [0.25, 0.3) is 11.8 Å². The summed E-state index contributed by atoms with van der Waals surface area (Å²) in [6.45, 7) is 6.88. The van der Waals surface area contributed by atoms with Gasteiger partial charge in [0.1, 0.15) is 0 Å². The molecule has 2 heterocycles. The summed E-state index contributed by atoms with van der Waals surface area (Å²) in [6.07, 6.45) is 2.70. The number of hydrogen-bond acceptors (Lipinski definition) is 4. The van der Waals surface area contributed by atoms with Crippen molar-refractivity contribution >= 4 is 51.4 Å². The van der Waals surface area contributed by atoms with E-state index < -0.39 is 0 Å². The number of nitrogens with zero attached hydrogens (tertiary/aromatic N) is 3. The van der Waals surface area contributed by atoms with Crippen molar-refractivity contribution in [3.8, 4) is 0 Å². The molecule has 0 N–H and O–H groups in total. The zero-order chi connectivity index (χ0) is 25.2. The first-order valence-corrected chi connectivity index (χ1v) is 13.3. The number of aryl methyl sites for hydroxylation is 2. The lowest BCUT2D eigenvalue weighted by Gasteiger charge is -2.16. The van der Waals surface area contributed by atoms with E-state index in [9.17, 15) is 9.59 Å². The molecule has 1 saturated heterocycles. The lowest BCUT2D eigenvalue weighted by atomic mass is 10.1. The summed E-state index contributed by atoms with van der Waals surface area (Å²) in [5, 5.41) is 0.551. The van der Waals surface area contributed by atoms with Crippen molar-refractivity contribution in [2.24, 2.45) is 4.99 Å². The molecule has 0 unspecified atom stereocenters. The van der Waals surface area contributed by atoms with E-state index in [1.807, 2.05) is 67.6 Å². The first kappa shape index (κ1) is 24.1. The Kier molecular flexibility index (Phi) is 6.79. The largest absolute Gasteiger partial charge is 0.308 e. The number of amidine groups is 1. The Morgan fingerprint density at radius 2 is 1.42 bits per heavy atom. The maximum atomic E-state index is 14.0. The Labute approximate surface area is 216 Å². The normalized spacial score (nSPS) is 18.5. The number of anilines is 2. The third-order valence-corrected chi connectivity index (χ3v) is 7.59. The summed E-state index contributed by atoms with van der Waals surface area (Å²) >= 11 is 1.28. The molecular weight excluding hydrogens is 466 g/mol. The second kappa shape index (κ2) is 10.2. The predicted octanol–water partition coefficient (Wildman–Crippen LogP) is 6.75. The Hall–Kier alpha value is -3.64. The van der Waals surface area contributed by atoms with Crippen LogP contribution >= 0.6 is 11.8 Å². The highest BCUT2D eigenvalue weighted by molar-refractivity contribution is 8.19. The monoisotopic (exact) mass is 495 g/mol. The van der Waals surface area contributed by atoms with Gasteiger partial charge in [-0.25, -0.2) is 4.99 Å². The van der Waals surface area contributed by atoms with Crippen LogP contribution in [0.1, 0.15) is 43.9 Å². The topological polar surface area (TPSA) is 53.0 Å². The number of fused-ring (bicyclic) bond motifs is 1. The van der Waals surface area contributed by atoms with Crippen LogP contribution in [0.3, 0.4) is 0 Å². The van der Waals surface area contributed by atoms with E-state index >= 15 is 0 Å². The molecule has 2 aliphatic heterocycles. The van der Waals surface area contributed by atoms with Crippen LogP contribution in [-0.2, 0) is 22.4 Å². The summed E-state index contributed by atoms with van der Waals surface area (Å²) in [6, 6.07) is 23.7. The summed E-state index contributed by atoms with van der Waals surface area (Å²) < 4.78 is 0. The van der Waals surface area contributed by atoms with Crippen molar-refractivity contribution in [2.45, 2.75) is 40.0 Å². The molecule has 0 bridgehead atoms. The molecule has 5 rings (SSSR count). The van der Waals surface area contributed by atoms with Gasteiger partial charge < -0.3 is 4.90 Å². The number of rotatable bonds is 6. The van der Waals surface area contributed by atoms with Crippen molar-refractivity contribution in [3.63, 3.8) is 0 Å². The van der Waals surface area contributed by atoms with Crippen LogP contribution in [0.25, 0.3) is 5.57 Å². The Morgan fingerprint density at radius 1 is 0.778 bits per heavy atom. The molecule has 182 valence electrons. The summed E-state index contributed by atoms with van der Waals surface area (Å²) in [5.41, 5.74) is 6.08. The number of benzene rings is 3. The number of aliphatic imine (C=N–C) groups is 1. The van der Waals surface area contributed by atoms with Crippen LogP contribution in [0, 0.1) is 0 Å². The third-order valence-electron chi connectivity index (χ3n) is 6.55. The van der Waals surface area contributed by atoms with Crippen LogP contribution in [0.15, 0.2) is 82.7 Å². The van der Waals surface area contributed by atoms with E-state index in [1.54, 1.807) is 9.80 Å². The quantitative estimate of drug-likeness (QED) is 0.356. The van der Waals surface area contributed by atoms with Gasteiger partial charge in [-0.15, -0.1) is 0 Å². The van der Waals surface area contributed by atoms with Crippen molar-refractivity contribution in [1.29, 1.82) is 0 Å². The maximum Gasteiger partial charge on any atom is 0.272 e. The molecule has 0 aromatic heterocycles. The average Bonchev–Trinajstić information content (AvgIpc) is 3.37. The smallest absolute Gasteiger partial charge is 0.272 e. The highest BCUT2D eigenvalue weighted by Crippen LogP contribution is 2.46. The van der Waals surface area contributed by atoms with Gasteiger partial charge >= 0.3 is 0 Å². The fourth-order valence-corrected chi connectivity index (χ4v) is 5.66. The molecule has 36 heavy (non-hydrogen) atoms. The van der Waals surface area contributed by atoms with Crippen molar-refractivity contribution in [3.05, 3.63) is 94.4 Å². The summed E-state index contributed by atoms with van der Waals surface area (Å²) in [4.78, 5) is 36.3. The Balaban J connectivity index is 1.64. The number of thioether (sulfide) groups is 1. The molecule has 0 aliphatic carbocycles. The highest BCUT2D eigenvalue weighted by atomic mass is 32.2. The van der Waals surface area contributed by atoms with E-state index in [2.05, 4.69) is 26.0 Å². The van der Waals surface area contributed by atoms with Crippen molar-refractivity contribution in [1.82, 2.24) is 0 Å². The lowest BCUT2D eigenvalue weighted by Crippen LogP contribution is -2.30. The molecule has 6 heteroatoms. The first-order valence-electron chi connectivity index (χ1n) is 12.5. The van der Waals surface area contributed by atoms with E-state index in [0.717, 1.165) is 41.9 Å². The minimum absolute atomic E-state index is 0.122. The number of para-hydroxylation sites is 1. The molecule has 0 atom stereocenters. The Morgan fingerprint density at radius 3 is 2.06 bits per heavy atom. The molecule has 2 amide bonds. The van der Waals surface area contributed by atoms with Gasteiger partial charge in [-0.2, -0.15) is 0 Å². The molecule has 1 fully saturated rings. The van der Waals surface area contributed by atoms with Crippen LogP contribution in [0.4, 0.5) is 17.1 Å². The highest BCUT2D eigenvalue weighted by Gasteiger charge is 2.43. The fourth-order valence-electron chi connectivity index (χ4n) is 4.57. The first-order chi connectivity index (χ1) is 17.5. The van der Waals surface area contributed by atoms with Gasteiger partial charge in [0, 0.05) is 12.1 Å². The predicted molar refractivity (Wildman–Crippen MR) is 150 cm³/mol. The average molecular weight is 496 g/mol. The van der Waals surface area contributed by atoms with Gasteiger partial charge in [0.2, 0.25) is 0 Å². The van der Waals surface area contributed by atoms with Crippen LogP contribution < -0.4 is 9.80 Å². The summed E-state index contributed by atoms with van der Waals surface area (Å²) in [7, 11) is 0. The van der Waals surface area contributed by atoms with Crippen LogP contribution in [-0.4, -0.2) is 23.5 Å². The number of carbonyl (C=O) groups excluding carboxylic acids is 2. The second-order valence-electron chi connectivity index (χ2n) is 8.86. The lowest BCUT2D eigenvalue weighted by molar-refractivity contribution is -0.115. The van der Waals surface area contributed by atoms with Crippen molar-refractivity contribution in [2.75, 3.05) is 16.3 Å². The SMILES string of the molecule is CCCN1C(=O)/C(=C2/SC(=Nc3ccc(CC)cc3)N(c3ccc(CC)cc3)C2=O)c2ccccc21. The standard InChI is InChI=1S/C30H29N3O2S/c1-4-19-32-25-10-8-7-9-24(25)26(28(32)34)27-29(35)33(23-17-13-21(6-3)14-18-23)30(36-27)31-22-15-11-20(5-2)12-16-22/h7-18H,4-6,19H2,1-3H3/b27-26+,31-30?. The molecule has 3 aromatic carbocycles. The second-order valence-corrected chi connectivity index (χ2v) is 9.83. The molecule has 3 aromatic rings. The van der Waals surface area contributed by atoms with Crippen LogP contribution in [0.5, 0.6) is 0 Å². The number of amides is 2.